The molecule has 2 aromatic rings. The molecule has 1 heterocycles. The average Bonchev–Trinajstić information content (AvgIpc) is 3.24. The standard InChI is InChI=1S/C16H19ClN2O/c1-10-14(16(17)19(2)18-10)9-15(20)13-5-3-4-12(8-13)11-6-7-11/h3-5,8,11,15,20H,6-7,9H2,1-2H3. The van der Waals surface area contributed by atoms with E-state index < -0.39 is 6.10 Å². The molecule has 4 heteroatoms. The van der Waals surface area contributed by atoms with Crippen molar-refractivity contribution in [1.82, 2.24) is 9.78 Å². The van der Waals surface area contributed by atoms with E-state index in [2.05, 4.69) is 17.2 Å². The summed E-state index contributed by atoms with van der Waals surface area (Å²) in [5.74, 6) is 0.700. The van der Waals surface area contributed by atoms with Crippen molar-refractivity contribution in [2.24, 2.45) is 7.05 Å². The minimum atomic E-state index is -0.533. The molecule has 1 aliphatic carbocycles. The highest BCUT2D eigenvalue weighted by atomic mass is 35.5. The molecule has 1 atom stereocenters. The van der Waals surface area contributed by atoms with E-state index in [1.54, 1.807) is 4.68 Å². The van der Waals surface area contributed by atoms with Crippen LogP contribution in [0.25, 0.3) is 0 Å². The van der Waals surface area contributed by atoms with Crippen LogP contribution in [0.4, 0.5) is 0 Å². The van der Waals surface area contributed by atoms with Crippen molar-refractivity contribution in [3.8, 4) is 0 Å². The number of aryl methyl sites for hydroxylation is 2. The fourth-order valence-electron chi connectivity index (χ4n) is 2.65. The van der Waals surface area contributed by atoms with Crippen LogP contribution < -0.4 is 0 Å². The number of benzene rings is 1. The second-order valence-electron chi connectivity index (χ2n) is 5.64. The summed E-state index contributed by atoms with van der Waals surface area (Å²) in [7, 11) is 1.82. The van der Waals surface area contributed by atoms with Gasteiger partial charge in [0, 0.05) is 19.0 Å². The summed E-state index contributed by atoms with van der Waals surface area (Å²) in [6.45, 7) is 1.93. The second-order valence-corrected chi connectivity index (χ2v) is 6.00. The maximum absolute atomic E-state index is 10.5. The molecule has 1 saturated carbocycles. The Balaban J connectivity index is 1.81. The Kier molecular flexibility index (Phi) is 3.57. The Morgan fingerprint density at radius 3 is 2.80 bits per heavy atom. The largest absolute Gasteiger partial charge is 0.388 e. The Morgan fingerprint density at radius 2 is 2.20 bits per heavy atom. The van der Waals surface area contributed by atoms with Crippen LogP contribution in [0.5, 0.6) is 0 Å². The van der Waals surface area contributed by atoms with Crippen molar-refractivity contribution in [2.45, 2.75) is 38.2 Å². The fourth-order valence-corrected chi connectivity index (χ4v) is 2.91. The van der Waals surface area contributed by atoms with Crippen molar-refractivity contribution in [1.29, 1.82) is 0 Å². The zero-order valence-corrected chi connectivity index (χ0v) is 12.6. The van der Waals surface area contributed by atoms with E-state index in [-0.39, 0.29) is 0 Å². The lowest BCUT2D eigenvalue weighted by atomic mass is 9.99. The molecule has 0 aliphatic heterocycles. The molecular formula is C16H19ClN2O. The Labute approximate surface area is 124 Å². The lowest BCUT2D eigenvalue weighted by molar-refractivity contribution is 0.178. The van der Waals surface area contributed by atoms with Gasteiger partial charge in [-0.15, -0.1) is 0 Å². The van der Waals surface area contributed by atoms with Gasteiger partial charge in [0.05, 0.1) is 11.8 Å². The molecular weight excluding hydrogens is 272 g/mol. The van der Waals surface area contributed by atoms with E-state index in [9.17, 15) is 5.11 Å². The average molecular weight is 291 g/mol. The Hall–Kier alpha value is -1.32. The first kappa shape index (κ1) is 13.7. The molecule has 0 saturated heterocycles. The summed E-state index contributed by atoms with van der Waals surface area (Å²) in [5.41, 5.74) is 4.12. The van der Waals surface area contributed by atoms with Gasteiger partial charge in [0.2, 0.25) is 0 Å². The fraction of sp³-hybridized carbons (Fsp3) is 0.438. The lowest BCUT2D eigenvalue weighted by Gasteiger charge is -2.12. The number of halogens is 1. The molecule has 0 amide bonds. The van der Waals surface area contributed by atoms with Crippen LogP contribution in [0, 0.1) is 6.92 Å². The van der Waals surface area contributed by atoms with Gasteiger partial charge >= 0.3 is 0 Å². The van der Waals surface area contributed by atoms with Crippen LogP contribution in [0.15, 0.2) is 24.3 Å². The summed E-state index contributed by atoms with van der Waals surface area (Å²) >= 11 is 6.23. The van der Waals surface area contributed by atoms with Crippen molar-refractivity contribution in [3.63, 3.8) is 0 Å². The summed E-state index contributed by atoms with van der Waals surface area (Å²) in [5, 5.41) is 15.4. The smallest absolute Gasteiger partial charge is 0.130 e. The van der Waals surface area contributed by atoms with Gasteiger partial charge in [-0.1, -0.05) is 35.9 Å². The molecule has 3 nitrogen and oxygen atoms in total. The molecule has 0 radical (unpaired) electrons. The molecule has 1 aromatic carbocycles. The minimum Gasteiger partial charge on any atom is -0.388 e. The van der Waals surface area contributed by atoms with Gasteiger partial charge in [-0.2, -0.15) is 5.10 Å². The summed E-state index contributed by atoms with van der Waals surface area (Å²) in [4.78, 5) is 0. The number of aliphatic hydroxyl groups is 1. The number of aliphatic hydroxyl groups excluding tert-OH is 1. The van der Waals surface area contributed by atoms with Crippen molar-refractivity contribution >= 4 is 11.6 Å². The first-order valence-electron chi connectivity index (χ1n) is 7.02. The predicted octanol–water partition coefficient (Wildman–Crippen LogP) is 3.54. The van der Waals surface area contributed by atoms with Gasteiger partial charge in [-0.25, -0.2) is 0 Å². The predicted molar refractivity (Wildman–Crippen MR) is 80.0 cm³/mol. The minimum absolute atomic E-state index is 0.507. The summed E-state index contributed by atoms with van der Waals surface area (Å²) in [6.07, 6.45) is 2.52. The number of nitrogens with zero attached hydrogens (tertiary/aromatic N) is 2. The summed E-state index contributed by atoms with van der Waals surface area (Å²) in [6, 6.07) is 8.29. The van der Waals surface area contributed by atoms with Crippen LogP contribution >= 0.6 is 11.6 Å². The van der Waals surface area contributed by atoms with E-state index in [1.165, 1.54) is 18.4 Å². The van der Waals surface area contributed by atoms with Crippen LogP contribution in [0.3, 0.4) is 0 Å². The molecule has 1 fully saturated rings. The van der Waals surface area contributed by atoms with E-state index in [1.807, 2.05) is 26.1 Å². The van der Waals surface area contributed by atoms with E-state index in [4.69, 9.17) is 11.6 Å². The zero-order chi connectivity index (χ0) is 14.3. The van der Waals surface area contributed by atoms with E-state index in [0.29, 0.717) is 17.5 Å². The van der Waals surface area contributed by atoms with Crippen LogP contribution in [0.2, 0.25) is 5.15 Å². The molecule has 1 N–H and O–H groups in total. The number of hydrogen-bond donors (Lipinski definition) is 1. The molecule has 0 spiro atoms. The van der Waals surface area contributed by atoms with E-state index in [0.717, 1.165) is 16.8 Å². The Bertz CT molecular complexity index is 631. The quantitative estimate of drug-likeness (QED) is 0.935. The SMILES string of the molecule is Cc1nn(C)c(Cl)c1CC(O)c1cccc(C2CC2)c1. The first-order valence-corrected chi connectivity index (χ1v) is 7.40. The Morgan fingerprint density at radius 1 is 1.45 bits per heavy atom. The second kappa shape index (κ2) is 5.23. The molecule has 20 heavy (non-hydrogen) atoms. The third-order valence-electron chi connectivity index (χ3n) is 4.01. The molecule has 1 unspecified atom stereocenters. The molecule has 1 aromatic heterocycles. The number of aromatic nitrogens is 2. The highest BCUT2D eigenvalue weighted by molar-refractivity contribution is 6.30. The maximum atomic E-state index is 10.5. The lowest BCUT2D eigenvalue weighted by Crippen LogP contribution is -2.03. The van der Waals surface area contributed by atoms with Gasteiger partial charge < -0.3 is 5.11 Å². The van der Waals surface area contributed by atoms with Crippen LogP contribution in [-0.2, 0) is 13.5 Å². The van der Waals surface area contributed by atoms with Gasteiger partial charge in [0.15, 0.2) is 0 Å². The summed E-state index contributed by atoms with van der Waals surface area (Å²) < 4.78 is 1.65. The maximum Gasteiger partial charge on any atom is 0.130 e. The monoisotopic (exact) mass is 290 g/mol. The first-order chi connectivity index (χ1) is 9.56. The van der Waals surface area contributed by atoms with Gasteiger partial charge in [-0.3, -0.25) is 4.68 Å². The van der Waals surface area contributed by atoms with Gasteiger partial charge in [-0.05, 0) is 36.8 Å². The topological polar surface area (TPSA) is 38.0 Å². The van der Waals surface area contributed by atoms with E-state index >= 15 is 0 Å². The third-order valence-corrected chi connectivity index (χ3v) is 4.48. The highest BCUT2D eigenvalue weighted by Crippen LogP contribution is 2.40. The third kappa shape index (κ3) is 2.60. The van der Waals surface area contributed by atoms with Crippen LogP contribution in [0.1, 0.15) is 47.2 Å². The number of rotatable bonds is 4. The van der Waals surface area contributed by atoms with Gasteiger partial charge in [0.1, 0.15) is 5.15 Å². The number of hydrogen-bond acceptors (Lipinski definition) is 2. The molecule has 106 valence electrons. The van der Waals surface area contributed by atoms with Gasteiger partial charge in [0.25, 0.3) is 0 Å². The molecule has 1 aliphatic rings. The highest BCUT2D eigenvalue weighted by Gasteiger charge is 2.24. The van der Waals surface area contributed by atoms with Crippen molar-refractivity contribution < 1.29 is 5.11 Å². The molecule has 0 bridgehead atoms. The molecule has 3 rings (SSSR count). The zero-order valence-electron chi connectivity index (χ0n) is 11.8. The van der Waals surface area contributed by atoms with Crippen molar-refractivity contribution in [3.05, 3.63) is 51.8 Å². The van der Waals surface area contributed by atoms with Crippen molar-refractivity contribution in [2.75, 3.05) is 0 Å². The normalized spacial score (nSPS) is 16.4. The van der Waals surface area contributed by atoms with Crippen LogP contribution in [-0.4, -0.2) is 14.9 Å².